The van der Waals surface area contributed by atoms with Gasteiger partial charge in [0.25, 0.3) is 5.56 Å². The minimum absolute atomic E-state index is 0.137. The van der Waals surface area contributed by atoms with Crippen molar-refractivity contribution < 1.29 is 19.0 Å². The summed E-state index contributed by atoms with van der Waals surface area (Å²) in [7, 11) is 0. The first kappa shape index (κ1) is 24.5. The highest BCUT2D eigenvalue weighted by molar-refractivity contribution is 7.07. The fraction of sp³-hybridized carbons (Fsp3) is 0.345. The molecule has 2 aromatic carbocycles. The molecule has 6 rings (SSSR count). The van der Waals surface area contributed by atoms with Gasteiger partial charge >= 0.3 is 5.97 Å². The van der Waals surface area contributed by atoms with Crippen LogP contribution in [0.4, 0.5) is 5.69 Å². The number of hydrogen-bond acceptors (Lipinski definition) is 8. The number of rotatable bonds is 5. The molecule has 0 N–H and O–H groups in total. The number of allylic oxidation sites excluding steroid dienone is 1. The number of nitrogens with zero attached hydrogens (tertiary/aromatic N) is 3. The highest BCUT2D eigenvalue weighted by Crippen LogP contribution is 2.38. The van der Waals surface area contributed by atoms with Crippen molar-refractivity contribution in [3.8, 4) is 11.5 Å². The molecule has 1 aromatic heterocycles. The van der Waals surface area contributed by atoms with Crippen LogP contribution >= 0.6 is 11.3 Å². The van der Waals surface area contributed by atoms with Crippen LogP contribution in [-0.4, -0.2) is 37.0 Å². The Bertz CT molecular complexity index is 1600. The van der Waals surface area contributed by atoms with Gasteiger partial charge in [0.15, 0.2) is 16.3 Å². The van der Waals surface area contributed by atoms with E-state index in [0.29, 0.717) is 32.1 Å². The number of benzene rings is 2. The molecule has 3 aliphatic heterocycles. The zero-order valence-electron chi connectivity index (χ0n) is 21.4. The maximum absolute atomic E-state index is 13.8. The van der Waals surface area contributed by atoms with E-state index in [1.54, 1.807) is 24.5 Å². The summed E-state index contributed by atoms with van der Waals surface area (Å²) in [6.07, 6.45) is 5.63. The molecule has 9 heteroatoms. The summed E-state index contributed by atoms with van der Waals surface area (Å²) in [5.74, 6) is 0.725. The second kappa shape index (κ2) is 10.1. The van der Waals surface area contributed by atoms with E-state index in [1.165, 1.54) is 36.3 Å². The Hall–Kier alpha value is -3.85. The van der Waals surface area contributed by atoms with Gasteiger partial charge in [-0.25, -0.2) is 9.79 Å². The van der Waals surface area contributed by atoms with E-state index in [4.69, 9.17) is 14.2 Å². The zero-order valence-corrected chi connectivity index (χ0v) is 22.3. The van der Waals surface area contributed by atoms with Gasteiger partial charge in [0, 0.05) is 18.8 Å². The summed E-state index contributed by atoms with van der Waals surface area (Å²) in [6, 6.07) is 13.1. The standard InChI is InChI=1S/C29H29N3O5S/c1-3-35-28(34)25-18(2)30-29-32(26(25)20-9-12-22-23(16-20)37-17-36-22)27(33)24(38-29)15-19-7-10-21(11-8-19)31-13-5-4-6-14-31/h7-12,15-16,26H,3-6,13-14,17H2,1-2H3/b24-15+/t26-/m1/s1. The fourth-order valence-corrected chi connectivity index (χ4v) is 6.32. The molecule has 0 aliphatic carbocycles. The maximum Gasteiger partial charge on any atom is 0.338 e. The number of fused-ring (bicyclic) bond motifs is 2. The Kier molecular flexibility index (Phi) is 6.53. The van der Waals surface area contributed by atoms with E-state index in [9.17, 15) is 9.59 Å². The molecule has 1 saturated heterocycles. The third-order valence-corrected chi connectivity index (χ3v) is 8.12. The Labute approximate surface area is 224 Å². The molecule has 3 aliphatic rings. The molecule has 1 atom stereocenters. The molecular weight excluding hydrogens is 502 g/mol. The summed E-state index contributed by atoms with van der Waals surface area (Å²) in [5.41, 5.74) is 3.55. The number of aromatic nitrogens is 1. The molecular formula is C29H29N3O5S. The predicted molar refractivity (Wildman–Crippen MR) is 145 cm³/mol. The average molecular weight is 532 g/mol. The lowest BCUT2D eigenvalue weighted by Gasteiger charge is -2.28. The van der Waals surface area contributed by atoms with Crippen LogP contribution in [0.5, 0.6) is 11.5 Å². The number of carbonyl (C=O) groups is 1. The number of piperidine rings is 1. The average Bonchev–Trinajstić information content (AvgIpc) is 3.52. The third kappa shape index (κ3) is 4.41. The van der Waals surface area contributed by atoms with Crippen LogP contribution < -0.4 is 29.3 Å². The lowest BCUT2D eigenvalue weighted by atomic mass is 9.95. The molecule has 196 valence electrons. The Balaban J connectivity index is 1.43. The molecule has 0 bridgehead atoms. The fourth-order valence-electron chi connectivity index (χ4n) is 5.27. The molecule has 3 aromatic rings. The molecule has 0 radical (unpaired) electrons. The van der Waals surface area contributed by atoms with Gasteiger partial charge in [-0.15, -0.1) is 0 Å². The normalized spacial score (nSPS) is 18.8. The number of thiazole rings is 1. The van der Waals surface area contributed by atoms with Crippen molar-refractivity contribution in [2.75, 3.05) is 31.4 Å². The SMILES string of the molecule is CCOC(=O)C1=C(C)N=c2s/c(=C/c3ccc(N4CCCCC4)cc3)c(=O)n2[C@@H]1c1ccc2c(c1)OCO2. The molecule has 0 saturated carbocycles. The third-order valence-electron chi connectivity index (χ3n) is 7.14. The predicted octanol–water partition coefficient (Wildman–Crippen LogP) is 3.52. The highest BCUT2D eigenvalue weighted by atomic mass is 32.1. The molecule has 4 heterocycles. The van der Waals surface area contributed by atoms with E-state index >= 15 is 0 Å². The Morgan fingerprint density at radius 3 is 2.63 bits per heavy atom. The summed E-state index contributed by atoms with van der Waals surface area (Å²) in [4.78, 5) is 34.5. The van der Waals surface area contributed by atoms with Gasteiger partial charge in [-0.2, -0.15) is 0 Å². The monoisotopic (exact) mass is 531 g/mol. The van der Waals surface area contributed by atoms with Crippen molar-refractivity contribution in [2.24, 2.45) is 4.99 Å². The van der Waals surface area contributed by atoms with Crippen LogP contribution in [-0.2, 0) is 9.53 Å². The topological polar surface area (TPSA) is 82.4 Å². The highest BCUT2D eigenvalue weighted by Gasteiger charge is 2.34. The van der Waals surface area contributed by atoms with E-state index in [1.807, 2.05) is 30.3 Å². The van der Waals surface area contributed by atoms with Gasteiger partial charge in [-0.1, -0.05) is 29.5 Å². The van der Waals surface area contributed by atoms with Crippen LogP contribution in [0.3, 0.4) is 0 Å². The second-order valence-electron chi connectivity index (χ2n) is 9.55. The van der Waals surface area contributed by atoms with Crippen molar-refractivity contribution in [3.05, 3.63) is 84.5 Å². The Morgan fingerprint density at radius 1 is 1.11 bits per heavy atom. The number of anilines is 1. The minimum Gasteiger partial charge on any atom is -0.463 e. The minimum atomic E-state index is -0.691. The number of esters is 1. The quantitative estimate of drug-likeness (QED) is 0.469. The molecule has 0 amide bonds. The van der Waals surface area contributed by atoms with Gasteiger partial charge in [0.05, 0.1) is 28.5 Å². The van der Waals surface area contributed by atoms with Gasteiger partial charge in [0.2, 0.25) is 6.79 Å². The first-order valence-corrected chi connectivity index (χ1v) is 13.8. The van der Waals surface area contributed by atoms with Crippen molar-refractivity contribution in [3.63, 3.8) is 0 Å². The second-order valence-corrected chi connectivity index (χ2v) is 10.6. The summed E-state index contributed by atoms with van der Waals surface area (Å²) >= 11 is 1.32. The largest absolute Gasteiger partial charge is 0.463 e. The van der Waals surface area contributed by atoms with Crippen LogP contribution in [0.15, 0.2) is 63.5 Å². The van der Waals surface area contributed by atoms with Crippen LogP contribution in [0.1, 0.15) is 50.3 Å². The van der Waals surface area contributed by atoms with Gasteiger partial charge in [-0.05, 0) is 74.6 Å². The molecule has 0 spiro atoms. The lowest BCUT2D eigenvalue weighted by Crippen LogP contribution is -2.39. The Morgan fingerprint density at radius 2 is 1.87 bits per heavy atom. The summed E-state index contributed by atoms with van der Waals surface area (Å²) < 4.78 is 18.6. The lowest BCUT2D eigenvalue weighted by molar-refractivity contribution is -0.139. The van der Waals surface area contributed by atoms with Crippen LogP contribution in [0.2, 0.25) is 0 Å². The van der Waals surface area contributed by atoms with E-state index in [0.717, 1.165) is 24.2 Å². The maximum atomic E-state index is 13.8. The molecule has 38 heavy (non-hydrogen) atoms. The van der Waals surface area contributed by atoms with Gasteiger partial charge in [-0.3, -0.25) is 9.36 Å². The van der Waals surface area contributed by atoms with E-state index in [-0.39, 0.29) is 19.0 Å². The van der Waals surface area contributed by atoms with Crippen molar-refractivity contribution in [1.82, 2.24) is 4.57 Å². The van der Waals surface area contributed by atoms with Crippen molar-refractivity contribution in [1.29, 1.82) is 0 Å². The van der Waals surface area contributed by atoms with Crippen LogP contribution in [0.25, 0.3) is 6.08 Å². The van der Waals surface area contributed by atoms with Gasteiger partial charge in [0.1, 0.15) is 0 Å². The van der Waals surface area contributed by atoms with Crippen LogP contribution in [0, 0.1) is 0 Å². The van der Waals surface area contributed by atoms with Gasteiger partial charge < -0.3 is 19.1 Å². The number of ether oxygens (including phenoxy) is 3. The summed E-state index contributed by atoms with van der Waals surface area (Å²) in [5, 5.41) is 0. The first-order valence-electron chi connectivity index (χ1n) is 13.0. The molecule has 8 nitrogen and oxygen atoms in total. The smallest absolute Gasteiger partial charge is 0.338 e. The van der Waals surface area contributed by atoms with Crippen molar-refractivity contribution >= 4 is 29.1 Å². The first-order chi connectivity index (χ1) is 18.5. The summed E-state index contributed by atoms with van der Waals surface area (Å²) in [6.45, 7) is 6.07. The number of carbonyl (C=O) groups excluding carboxylic acids is 1. The molecule has 0 unspecified atom stereocenters. The number of hydrogen-bond donors (Lipinski definition) is 0. The zero-order chi connectivity index (χ0) is 26.2. The van der Waals surface area contributed by atoms with Crippen molar-refractivity contribution in [2.45, 2.75) is 39.2 Å². The molecule has 1 fully saturated rings. The van der Waals surface area contributed by atoms with E-state index in [2.05, 4.69) is 22.0 Å². The van der Waals surface area contributed by atoms with E-state index < -0.39 is 12.0 Å².